The Balaban J connectivity index is 2.29. The highest BCUT2D eigenvalue weighted by Gasteiger charge is 2.03. The van der Waals surface area contributed by atoms with Crippen LogP contribution in [0.4, 0.5) is 0 Å². The molecule has 1 unspecified atom stereocenters. The lowest BCUT2D eigenvalue weighted by atomic mass is 10.2. The van der Waals surface area contributed by atoms with Gasteiger partial charge in [0.15, 0.2) is 0 Å². The maximum absolute atomic E-state index is 11.6. The molecule has 0 fully saturated rings. The average Bonchev–Trinajstić information content (AvgIpc) is 2.44. The van der Waals surface area contributed by atoms with Crippen molar-refractivity contribution >= 4 is 5.91 Å². The highest BCUT2D eigenvalue weighted by molar-refractivity contribution is 5.75. The number of hydrogen-bond acceptors (Lipinski definition) is 4. The van der Waals surface area contributed by atoms with Crippen LogP contribution in [-0.4, -0.2) is 44.1 Å². The average molecular weight is 293 g/mol. The van der Waals surface area contributed by atoms with Crippen LogP contribution in [0.3, 0.4) is 0 Å². The number of rotatable bonds is 9. The molecule has 0 aliphatic carbocycles. The van der Waals surface area contributed by atoms with E-state index < -0.39 is 0 Å². The fourth-order valence-electron chi connectivity index (χ4n) is 1.70. The Morgan fingerprint density at radius 1 is 1.33 bits per heavy atom. The van der Waals surface area contributed by atoms with Crippen molar-refractivity contribution in [3.05, 3.63) is 29.8 Å². The SMILES string of the molecule is CC(N)CCC(=O)NCc1ccc(OCCN(C)C)cc1. The topological polar surface area (TPSA) is 67.6 Å². The maximum Gasteiger partial charge on any atom is 0.220 e. The van der Waals surface area contributed by atoms with Gasteiger partial charge in [0.1, 0.15) is 12.4 Å². The summed E-state index contributed by atoms with van der Waals surface area (Å²) in [5.41, 5.74) is 6.69. The molecule has 5 nitrogen and oxygen atoms in total. The summed E-state index contributed by atoms with van der Waals surface area (Å²) in [5, 5.41) is 2.89. The van der Waals surface area contributed by atoms with Crippen LogP contribution in [0, 0.1) is 0 Å². The Morgan fingerprint density at radius 2 is 2.00 bits per heavy atom. The molecule has 21 heavy (non-hydrogen) atoms. The molecule has 1 amide bonds. The minimum atomic E-state index is 0.0404. The van der Waals surface area contributed by atoms with Gasteiger partial charge in [-0.25, -0.2) is 0 Å². The summed E-state index contributed by atoms with van der Waals surface area (Å²) in [6.07, 6.45) is 1.19. The number of hydrogen-bond donors (Lipinski definition) is 2. The van der Waals surface area contributed by atoms with Gasteiger partial charge in [-0.3, -0.25) is 4.79 Å². The highest BCUT2D eigenvalue weighted by atomic mass is 16.5. The van der Waals surface area contributed by atoms with Gasteiger partial charge < -0.3 is 20.7 Å². The van der Waals surface area contributed by atoms with Crippen LogP contribution in [0.1, 0.15) is 25.3 Å². The van der Waals surface area contributed by atoms with E-state index >= 15 is 0 Å². The van der Waals surface area contributed by atoms with E-state index in [0.29, 0.717) is 26.0 Å². The third-order valence-corrected chi connectivity index (χ3v) is 3.05. The molecule has 118 valence electrons. The zero-order valence-electron chi connectivity index (χ0n) is 13.3. The summed E-state index contributed by atoms with van der Waals surface area (Å²) in [6, 6.07) is 7.86. The first-order chi connectivity index (χ1) is 9.97. The predicted molar refractivity (Wildman–Crippen MR) is 85.2 cm³/mol. The van der Waals surface area contributed by atoms with Crippen LogP contribution >= 0.6 is 0 Å². The molecular formula is C16H27N3O2. The van der Waals surface area contributed by atoms with Crippen LogP contribution in [-0.2, 0) is 11.3 Å². The highest BCUT2D eigenvalue weighted by Crippen LogP contribution is 2.12. The number of nitrogens with two attached hydrogens (primary N) is 1. The van der Waals surface area contributed by atoms with Crippen LogP contribution in [0.5, 0.6) is 5.75 Å². The van der Waals surface area contributed by atoms with E-state index in [2.05, 4.69) is 10.2 Å². The number of nitrogens with one attached hydrogen (secondary N) is 1. The fraction of sp³-hybridized carbons (Fsp3) is 0.562. The van der Waals surface area contributed by atoms with Crippen molar-refractivity contribution in [1.29, 1.82) is 0 Å². The number of benzene rings is 1. The summed E-state index contributed by atoms with van der Waals surface area (Å²) in [7, 11) is 4.03. The molecule has 0 aromatic heterocycles. The number of carbonyl (C=O) groups is 1. The zero-order valence-corrected chi connectivity index (χ0v) is 13.3. The fourth-order valence-corrected chi connectivity index (χ4v) is 1.70. The van der Waals surface area contributed by atoms with Crippen molar-refractivity contribution in [2.75, 3.05) is 27.2 Å². The second-order valence-corrected chi connectivity index (χ2v) is 5.59. The van der Waals surface area contributed by atoms with Gasteiger partial charge in [-0.15, -0.1) is 0 Å². The van der Waals surface area contributed by atoms with Crippen molar-refractivity contribution in [3.63, 3.8) is 0 Å². The molecule has 1 rings (SSSR count). The van der Waals surface area contributed by atoms with Gasteiger partial charge in [-0.2, -0.15) is 0 Å². The minimum absolute atomic E-state index is 0.0404. The number of amides is 1. The van der Waals surface area contributed by atoms with Crippen molar-refractivity contribution in [2.45, 2.75) is 32.4 Å². The molecule has 0 heterocycles. The normalized spacial score (nSPS) is 12.2. The summed E-state index contributed by atoms with van der Waals surface area (Å²) in [6.45, 7) is 4.00. The second-order valence-electron chi connectivity index (χ2n) is 5.59. The first-order valence-electron chi connectivity index (χ1n) is 7.36. The first kappa shape index (κ1) is 17.5. The molecule has 3 N–H and O–H groups in total. The molecule has 5 heteroatoms. The Morgan fingerprint density at radius 3 is 2.57 bits per heavy atom. The van der Waals surface area contributed by atoms with Gasteiger partial charge in [-0.1, -0.05) is 12.1 Å². The molecular weight excluding hydrogens is 266 g/mol. The van der Waals surface area contributed by atoms with E-state index in [1.54, 1.807) is 0 Å². The third-order valence-electron chi connectivity index (χ3n) is 3.05. The molecule has 1 atom stereocenters. The van der Waals surface area contributed by atoms with E-state index in [0.717, 1.165) is 17.9 Å². The smallest absolute Gasteiger partial charge is 0.220 e. The quantitative estimate of drug-likeness (QED) is 0.721. The van der Waals surface area contributed by atoms with Gasteiger partial charge in [-0.05, 0) is 45.1 Å². The van der Waals surface area contributed by atoms with Crippen molar-refractivity contribution in [2.24, 2.45) is 5.73 Å². The van der Waals surface area contributed by atoms with E-state index in [-0.39, 0.29) is 11.9 Å². The molecule has 0 saturated heterocycles. The third kappa shape index (κ3) is 8.32. The molecule has 1 aromatic rings. The summed E-state index contributed by atoms with van der Waals surface area (Å²) < 4.78 is 5.62. The summed E-state index contributed by atoms with van der Waals surface area (Å²) in [5.74, 6) is 0.891. The number of ether oxygens (including phenoxy) is 1. The molecule has 0 aliphatic heterocycles. The largest absolute Gasteiger partial charge is 0.492 e. The van der Waals surface area contributed by atoms with E-state index in [4.69, 9.17) is 10.5 Å². The van der Waals surface area contributed by atoms with Gasteiger partial charge in [0, 0.05) is 25.6 Å². The number of nitrogens with zero attached hydrogens (tertiary/aromatic N) is 1. The standard InChI is InChI=1S/C16H27N3O2/c1-13(17)4-9-16(20)18-12-14-5-7-15(8-6-14)21-11-10-19(2)3/h5-8,13H,4,9-12,17H2,1-3H3,(H,18,20). The van der Waals surface area contributed by atoms with E-state index in [1.165, 1.54) is 0 Å². The molecule has 0 saturated carbocycles. The van der Waals surface area contributed by atoms with Gasteiger partial charge >= 0.3 is 0 Å². The van der Waals surface area contributed by atoms with Crippen molar-refractivity contribution in [3.8, 4) is 5.75 Å². The minimum Gasteiger partial charge on any atom is -0.492 e. The lowest BCUT2D eigenvalue weighted by Gasteiger charge is -2.11. The predicted octanol–water partition coefficient (Wildman–Crippen LogP) is 1.37. The van der Waals surface area contributed by atoms with E-state index in [9.17, 15) is 4.79 Å². The number of likely N-dealkylation sites (N-methyl/N-ethyl adjacent to an activating group) is 1. The number of carbonyl (C=O) groups excluding carboxylic acids is 1. The Labute approximate surface area is 127 Å². The van der Waals surface area contributed by atoms with E-state index in [1.807, 2.05) is 45.3 Å². The summed E-state index contributed by atoms with van der Waals surface area (Å²) >= 11 is 0. The molecule has 0 spiro atoms. The Kier molecular flexibility index (Phi) is 7.79. The lowest BCUT2D eigenvalue weighted by Crippen LogP contribution is -2.25. The Hall–Kier alpha value is -1.59. The van der Waals surface area contributed by atoms with Crippen LogP contribution in [0.2, 0.25) is 0 Å². The van der Waals surface area contributed by atoms with Gasteiger partial charge in [0.05, 0.1) is 0 Å². The first-order valence-corrected chi connectivity index (χ1v) is 7.36. The molecule has 0 aliphatic rings. The molecule has 1 aromatic carbocycles. The van der Waals surface area contributed by atoms with Crippen LogP contribution in [0.15, 0.2) is 24.3 Å². The zero-order chi connectivity index (χ0) is 15.7. The molecule has 0 radical (unpaired) electrons. The maximum atomic E-state index is 11.6. The van der Waals surface area contributed by atoms with Crippen LogP contribution < -0.4 is 15.8 Å². The van der Waals surface area contributed by atoms with Crippen LogP contribution in [0.25, 0.3) is 0 Å². The second kappa shape index (κ2) is 9.37. The van der Waals surface area contributed by atoms with Crippen molar-refractivity contribution < 1.29 is 9.53 Å². The lowest BCUT2D eigenvalue weighted by molar-refractivity contribution is -0.121. The van der Waals surface area contributed by atoms with Crippen molar-refractivity contribution in [1.82, 2.24) is 10.2 Å². The molecule has 0 bridgehead atoms. The Bertz CT molecular complexity index is 416. The van der Waals surface area contributed by atoms with Gasteiger partial charge in [0.25, 0.3) is 0 Å². The monoisotopic (exact) mass is 293 g/mol. The summed E-state index contributed by atoms with van der Waals surface area (Å²) in [4.78, 5) is 13.7. The van der Waals surface area contributed by atoms with Gasteiger partial charge in [0.2, 0.25) is 5.91 Å².